The SMILES string of the molecule is CCOc1cccc(N2CCCC2C2CCCN2)n1. The molecular formula is C15H23N3O. The van der Waals surface area contributed by atoms with E-state index in [1.54, 1.807) is 0 Å². The maximum absolute atomic E-state index is 5.51. The maximum atomic E-state index is 5.51. The molecule has 2 unspecified atom stereocenters. The van der Waals surface area contributed by atoms with Crippen molar-refractivity contribution in [2.45, 2.75) is 44.7 Å². The van der Waals surface area contributed by atoms with Crippen molar-refractivity contribution in [1.29, 1.82) is 0 Å². The number of aromatic nitrogens is 1. The molecule has 0 aliphatic carbocycles. The second-order valence-electron chi connectivity index (χ2n) is 5.37. The molecule has 2 aliphatic heterocycles. The summed E-state index contributed by atoms with van der Waals surface area (Å²) in [5.74, 6) is 1.81. The zero-order chi connectivity index (χ0) is 13.1. The van der Waals surface area contributed by atoms with Crippen molar-refractivity contribution in [3.05, 3.63) is 18.2 Å². The zero-order valence-corrected chi connectivity index (χ0v) is 11.6. The standard InChI is InChI=1S/C15H23N3O/c1-2-19-15-9-3-8-14(17-15)18-11-5-7-13(18)12-6-4-10-16-12/h3,8-9,12-13,16H,2,4-7,10-11H2,1H3. The molecule has 2 fully saturated rings. The number of pyridine rings is 1. The van der Waals surface area contributed by atoms with Crippen molar-refractivity contribution in [1.82, 2.24) is 10.3 Å². The summed E-state index contributed by atoms with van der Waals surface area (Å²) in [5.41, 5.74) is 0. The van der Waals surface area contributed by atoms with E-state index in [0.717, 1.165) is 18.2 Å². The predicted molar refractivity (Wildman–Crippen MR) is 76.8 cm³/mol. The van der Waals surface area contributed by atoms with Crippen LogP contribution in [0, 0.1) is 0 Å². The van der Waals surface area contributed by atoms with E-state index in [1.807, 2.05) is 19.1 Å². The van der Waals surface area contributed by atoms with E-state index < -0.39 is 0 Å². The van der Waals surface area contributed by atoms with Crippen LogP contribution in [0.5, 0.6) is 5.88 Å². The Morgan fingerprint density at radius 2 is 2.32 bits per heavy atom. The van der Waals surface area contributed by atoms with Crippen molar-refractivity contribution >= 4 is 5.82 Å². The third-order valence-corrected chi connectivity index (χ3v) is 4.16. The highest BCUT2D eigenvalue weighted by Crippen LogP contribution is 2.29. The third-order valence-electron chi connectivity index (χ3n) is 4.16. The van der Waals surface area contributed by atoms with Gasteiger partial charge in [0.25, 0.3) is 0 Å². The van der Waals surface area contributed by atoms with Crippen LogP contribution in [0.1, 0.15) is 32.6 Å². The quantitative estimate of drug-likeness (QED) is 0.901. The van der Waals surface area contributed by atoms with Gasteiger partial charge in [0.15, 0.2) is 0 Å². The van der Waals surface area contributed by atoms with E-state index in [1.165, 1.54) is 32.2 Å². The number of rotatable bonds is 4. The monoisotopic (exact) mass is 261 g/mol. The Balaban J connectivity index is 1.77. The number of hydrogen-bond donors (Lipinski definition) is 1. The summed E-state index contributed by atoms with van der Waals surface area (Å²) in [5, 5.41) is 3.64. The predicted octanol–water partition coefficient (Wildman–Crippen LogP) is 2.20. The van der Waals surface area contributed by atoms with Crippen molar-refractivity contribution < 1.29 is 4.74 Å². The van der Waals surface area contributed by atoms with Crippen LogP contribution >= 0.6 is 0 Å². The molecule has 0 aromatic carbocycles. The Bertz CT molecular complexity index is 418. The molecule has 1 aromatic rings. The van der Waals surface area contributed by atoms with Crippen LogP contribution in [0.4, 0.5) is 5.82 Å². The summed E-state index contributed by atoms with van der Waals surface area (Å²) in [6.45, 7) is 4.95. The van der Waals surface area contributed by atoms with Gasteiger partial charge in [0.1, 0.15) is 5.82 Å². The first-order chi connectivity index (χ1) is 9.38. The molecule has 0 spiro atoms. The van der Waals surface area contributed by atoms with Gasteiger partial charge in [-0.15, -0.1) is 0 Å². The van der Waals surface area contributed by atoms with Crippen molar-refractivity contribution in [2.24, 2.45) is 0 Å². The van der Waals surface area contributed by atoms with E-state index in [-0.39, 0.29) is 0 Å². The molecule has 1 aromatic heterocycles. The van der Waals surface area contributed by atoms with Gasteiger partial charge >= 0.3 is 0 Å². The topological polar surface area (TPSA) is 37.4 Å². The van der Waals surface area contributed by atoms with E-state index >= 15 is 0 Å². The fourth-order valence-electron chi connectivity index (χ4n) is 3.33. The summed E-state index contributed by atoms with van der Waals surface area (Å²) in [7, 11) is 0. The minimum Gasteiger partial charge on any atom is -0.478 e. The normalized spacial score (nSPS) is 26.9. The van der Waals surface area contributed by atoms with Crippen LogP contribution in [-0.2, 0) is 0 Å². The van der Waals surface area contributed by atoms with Crippen molar-refractivity contribution in [3.63, 3.8) is 0 Å². The number of nitrogens with one attached hydrogen (secondary N) is 1. The summed E-state index contributed by atoms with van der Waals surface area (Å²) < 4.78 is 5.51. The van der Waals surface area contributed by atoms with E-state index in [9.17, 15) is 0 Å². The summed E-state index contributed by atoms with van der Waals surface area (Å²) in [6, 6.07) is 7.33. The Kier molecular flexibility index (Phi) is 3.87. The van der Waals surface area contributed by atoms with Gasteiger partial charge in [-0.05, 0) is 45.2 Å². The second-order valence-corrected chi connectivity index (χ2v) is 5.37. The molecule has 0 radical (unpaired) electrons. The van der Waals surface area contributed by atoms with E-state index in [2.05, 4.69) is 21.3 Å². The molecule has 2 aliphatic rings. The van der Waals surface area contributed by atoms with Crippen LogP contribution in [0.2, 0.25) is 0 Å². The molecule has 2 saturated heterocycles. The largest absolute Gasteiger partial charge is 0.478 e. The molecule has 4 nitrogen and oxygen atoms in total. The Labute approximate surface area is 115 Å². The Hall–Kier alpha value is -1.29. The van der Waals surface area contributed by atoms with Gasteiger partial charge in [-0.25, -0.2) is 0 Å². The molecule has 2 atom stereocenters. The first-order valence-electron chi connectivity index (χ1n) is 7.48. The van der Waals surface area contributed by atoms with E-state index in [0.29, 0.717) is 18.7 Å². The number of nitrogens with zero attached hydrogens (tertiary/aromatic N) is 2. The average molecular weight is 261 g/mol. The lowest BCUT2D eigenvalue weighted by molar-refractivity contribution is 0.326. The minimum atomic E-state index is 0.604. The van der Waals surface area contributed by atoms with Gasteiger partial charge in [0, 0.05) is 24.7 Å². The third kappa shape index (κ3) is 2.68. The lowest BCUT2D eigenvalue weighted by atomic mass is 10.0. The smallest absolute Gasteiger partial charge is 0.215 e. The Morgan fingerprint density at radius 1 is 1.37 bits per heavy atom. The number of hydrogen-bond acceptors (Lipinski definition) is 4. The average Bonchev–Trinajstić information content (AvgIpc) is 3.10. The first kappa shape index (κ1) is 12.7. The molecule has 3 rings (SSSR count). The fourth-order valence-corrected chi connectivity index (χ4v) is 3.33. The fraction of sp³-hybridized carbons (Fsp3) is 0.667. The van der Waals surface area contributed by atoms with Gasteiger partial charge in [-0.1, -0.05) is 6.07 Å². The maximum Gasteiger partial charge on any atom is 0.215 e. The molecule has 1 N–H and O–H groups in total. The summed E-state index contributed by atoms with van der Waals surface area (Å²) in [4.78, 5) is 7.11. The van der Waals surface area contributed by atoms with Crippen molar-refractivity contribution in [2.75, 3.05) is 24.6 Å². The molecule has 0 amide bonds. The molecule has 0 saturated carbocycles. The Morgan fingerprint density at radius 3 is 3.11 bits per heavy atom. The zero-order valence-electron chi connectivity index (χ0n) is 11.6. The first-order valence-corrected chi connectivity index (χ1v) is 7.48. The molecule has 0 bridgehead atoms. The highest BCUT2D eigenvalue weighted by Gasteiger charge is 2.33. The molecule has 3 heterocycles. The van der Waals surface area contributed by atoms with Crippen molar-refractivity contribution in [3.8, 4) is 5.88 Å². The summed E-state index contributed by atoms with van der Waals surface area (Å²) in [6.07, 6.45) is 5.15. The van der Waals surface area contributed by atoms with Gasteiger partial charge in [-0.2, -0.15) is 4.98 Å². The van der Waals surface area contributed by atoms with Gasteiger partial charge in [0.2, 0.25) is 5.88 Å². The van der Waals surface area contributed by atoms with Crippen LogP contribution in [0.15, 0.2) is 18.2 Å². The minimum absolute atomic E-state index is 0.604. The van der Waals surface area contributed by atoms with Crippen LogP contribution in [0.3, 0.4) is 0 Å². The van der Waals surface area contributed by atoms with Crippen LogP contribution < -0.4 is 15.0 Å². The number of anilines is 1. The number of ether oxygens (including phenoxy) is 1. The van der Waals surface area contributed by atoms with Gasteiger partial charge < -0.3 is 15.0 Å². The van der Waals surface area contributed by atoms with Crippen LogP contribution in [-0.4, -0.2) is 36.8 Å². The lowest BCUT2D eigenvalue weighted by Gasteiger charge is -2.30. The molecule has 19 heavy (non-hydrogen) atoms. The highest BCUT2D eigenvalue weighted by atomic mass is 16.5. The summed E-state index contributed by atoms with van der Waals surface area (Å²) >= 11 is 0. The van der Waals surface area contributed by atoms with Gasteiger partial charge in [0.05, 0.1) is 6.61 Å². The second kappa shape index (κ2) is 5.78. The van der Waals surface area contributed by atoms with Crippen LogP contribution in [0.25, 0.3) is 0 Å². The molecule has 4 heteroatoms. The van der Waals surface area contributed by atoms with E-state index in [4.69, 9.17) is 4.74 Å². The molecular weight excluding hydrogens is 238 g/mol. The van der Waals surface area contributed by atoms with Gasteiger partial charge in [-0.3, -0.25) is 0 Å². The lowest BCUT2D eigenvalue weighted by Crippen LogP contribution is -2.44. The highest BCUT2D eigenvalue weighted by molar-refractivity contribution is 5.43. The molecule has 104 valence electrons.